The van der Waals surface area contributed by atoms with Gasteiger partial charge < -0.3 is 0 Å². The van der Waals surface area contributed by atoms with Crippen molar-refractivity contribution < 1.29 is 4.79 Å². The van der Waals surface area contributed by atoms with E-state index in [4.69, 9.17) is 0 Å². The molecule has 0 atom stereocenters. The summed E-state index contributed by atoms with van der Waals surface area (Å²) in [6.45, 7) is 0. The molecule has 0 aromatic rings. The maximum absolute atomic E-state index is 9.75. The highest BCUT2D eigenvalue weighted by atomic mass is 127. The Morgan fingerprint density at radius 1 is 1.33 bits per heavy atom. The third-order valence-corrected chi connectivity index (χ3v) is 1.73. The van der Waals surface area contributed by atoms with Crippen molar-refractivity contribution in [2.24, 2.45) is 0 Å². The Morgan fingerprint density at radius 3 is 2.67 bits per heavy atom. The summed E-state index contributed by atoms with van der Waals surface area (Å²) in [5.74, 6) is 0. The standard InChI is InChI=1S/C7H11IO/c8-6-4-2-1-3-5-7-9/h3,5,7H,1-2,4,6H2/b5-3-. The highest BCUT2D eigenvalue weighted by Crippen LogP contribution is 1.98. The molecular formula is C7H11IO. The van der Waals surface area contributed by atoms with Crippen LogP contribution in [0.15, 0.2) is 12.2 Å². The Morgan fingerprint density at radius 2 is 2.11 bits per heavy atom. The van der Waals surface area contributed by atoms with Crippen LogP contribution in [-0.2, 0) is 4.79 Å². The van der Waals surface area contributed by atoms with Gasteiger partial charge in [0.05, 0.1) is 0 Å². The fourth-order valence-corrected chi connectivity index (χ4v) is 1.05. The Kier molecular flexibility index (Phi) is 8.27. The molecule has 0 amide bonds. The van der Waals surface area contributed by atoms with E-state index >= 15 is 0 Å². The van der Waals surface area contributed by atoms with Crippen molar-refractivity contribution in [1.82, 2.24) is 0 Å². The number of hydrogen-bond donors (Lipinski definition) is 0. The van der Waals surface area contributed by atoms with Crippen molar-refractivity contribution >= 4 is 28.9 Å². The summed E-state index contributed by atoms with van der Waals surface area (Å²) in [5.41, 5.74) is 0. The number of hydrogen-bond acceptors (Lipinski definition) is 1. The summed E-state index contributed by atoms with van der Waals surface area (Å²) >= 11 is 2.35. The first-order valence-corrected chi connectivity index (χ1v) is 4.60. The molecule has 0 aliphatic heterocycles. The highest BCUT2D eigenvalue weighted by molar-refractivity contribution is 14.1. The van der Waals surface area contributed by atoms with Crippen molar-refractivity contribution in [3.63, 3.8) is 0 Å². The topological polar surface area (TPSA) is 17.1 Å². The molecule has 0 fully saturated rings. The lowest BCUT2D eigenvalue weighted by molar-refractivity contribution is -0.104. The fourth-order valence-electron chi connectivity index (χ4n) is 0.508. The minimum absolute atomic E-state index is 0.823. The molecule has 0 spiro atoms. The maximum atomic E-state index is 9.75. The van der Waals surface area contributed by atoms with Gasteiger partial charge in [0.25, 0.3) is 0 Å². The summed E-state index contributed by atoms with van der Waals surface area (Å²) in [6.07, 6.45) is 7.80. The molecule has 0 saturated carbocycles. The van der Waals surface area contributed by atoms with Crippen LogP contribution in [0.3, 0.4) is 0 Å². The van der Waals surface area contributed by atoms with Crippen LogP contribution in [-0.4, -0.2) is 10.7 Å². The molecule has 0 radical (unpaired) electrons. The molecule has 0 heterocycles. The number of carbonyl (C=O) groups excluding carboxylic acids is 1. The van der Waals surface area contributed by atoms with Crippen LogP contribution >= 0.6 is 22.6 Å². The molecule has 0 bridgehead atoms. The van der Waals surface area contributed by atoms with Crippen molar-refractivity contribution in [3.05, 3.63) is 12.2 Å². The van der Waals surface area contributed by atoms with Gasteiger partial charge in [-0.1, -0.05) is 28.7 Å². The van der Waals surface area contributed by atoms with E-state index in [1.165, 1.54) is 17.3 Å². The van der Waals surface area contributed by atoms with E-state index in [9.17, 15) is 4.79 Å². The summed E-state index contributed by atoms with van der Waals surface area (Å²) in [4.78, 5) is 9.75. The van der Waals surface area contributed by atoms with Gasteiger partial charge in [-0.2, -0.15) is 0 Å². The average Bonchev–Trinajstić information content (AvgIpc) is 1.89. The first-order chi connectivity index (χ1) is 4.41. The second-order valence-electron chi connectivity index (χ2n) is 1.75. The SMILES string of the molecule is O=C/C=C\CCCCI. The quantitative estimate of drug-likeness (QED) is 0.236. The monoisotopic (exact) mass is 238 g/mol. The second kappa shape index (κ2) is 8.14. The molecule has 2 heteroatoms. The molecule has 0 N–H and O–H groups in total. The van der Waals surface area contributed by atoms with Gasteiger partial charge in [-0.15, -0.1) is 0 Å². The molecular weight excluding hydrogens is 227 g/mol. The minimum atomic E-state index is 0.823. The van der Waals surface area contributed by atoms with Crippen LogP contribution in [0, 0.1) is 0 Å². The van der Waals surface area contributed by atoms with Crippen LogP contribution < -0.4 is 0 Å². The van der Waals surface area contributed by atoms with Gasteiger partial charge in [-0.3, -0.25) is 4.79 Å². The Bertz CT molecular complexity index is 88.9. The van der Waals surface area contributed by atoms with Crippen molar-refractivity contribution in [1.29, 1.82) is 0 Å². The normalized spacial score (nSPS) is 10.3. The predicted octanol–water partition coefficient (Wildman–Crippen LogP) is 2.35. The van der Waals surface area contributed by atoms with Gasteiger partial charge in [0.1, 0.15) is 6.29 Å². The molecule has 0 aromatic heterocycles. The smallest absolute Gasteiger partial charge is 0.142 e. The lowest BCUT2D eigenvalue weighted by Gasteiger charge is -1.87. The second-order valence-corrected chi connectivity index (χ2v) is 2.83. The molecule has 0 aromatic carbocycles. The number of allylic oxidation sites excluding steroid dienone is 2. The zero-order valence-corrected chi connectivity index (χ0v) is 7.50. The van der Waals surface area contributed by atoms with E-state index in [0.29, 0.717) is 0 Å². The largest absolute Gasteiger partial charge is 0.299 e. The first-order valence-electron chi connectivity index (χ1n) is 3.08. The molecule has 52 valence electrons. The molecule has 1 nitrogen and oxygen atoms in total. The molecule has 0 saturated heterocycles. The Hall–Kier alpha value is 0.140. The molecule has 0 rings (SSSR count). The van der Waals surface area contributed by atoms with Crippen LogP contribution in [0.1, 0.15) is 19.3 Å². The van der Waals surface area contributed by atoms with E-state index in [2.05, 4.69) is 22.6 Å². The lowest BCUT2D eigenvalue weighted by Crippen LogP contribution is -1.73. The summed E-state index contributed by atoms with van der Waals surface area (Å²) in [6, 6.07) is 0. The number of aldehydes is 1. The number of halogens is 1. The van der Waals surface area contributed by atoms with E-state index < -0.39 is 0 Å². The zero-order valence-electron chi connectivity index (χ0n) is 5.35. The summed E-state index contributed by atoms with van der Waals surface area (Å²) < 4.78 is 1.21. The predicted molar refractivity (Wildman–Crippen MR) is 47.9 cm³/mol. The average molecular weight is 238 g/mol. The van der Waals surface area contributed by atoms with Crippen LogP contribution in [0.5, 0.6) is 0 Å². The summed E-state index contributed by atoms with van der Waals surface area (Å²) in [5, 5.41) is 0. The number of unbranched alkanes of at least 4 members (excludes halogenated alkanes) is 2. The summed E-state index contributed by atoms with van der Waals surface area (Å²) in [7, 11) is 0. The van der Waals surface area contributed by atoms with Gasteiger partial charge in [0.2, 0.25) is 0 Å². The van der Waals surface area contributed by atoms with Crippen LogP contribution in [0.25, 0.3) is 0 Å². The maximum Gasteiger partial charge on any atom is 0.142 e. The van der Waals surface area contributed by atoms with Crippen LogP contribution in [0.2, 0.25) is 0 Å². The van der Waals surface area contributed by atoms with E-state index in [1.54, 1.807) is 6.08 Å². The Labute approximate surface area is 69.7 Å². The van der Waals surface area contributed by atoms with Gasteiger partial charge in [0.15, 0.2) is 0 Å². The lowest BCUT2D eigenvalue weighted by atomic mass is 10.2. The highest BCUT2D eigenvalue weighted by Gasteiger charge is 1.80. The molecule has 0 unspecified atom stereocenters. The van der Waals surface area contributed by atoms with Crippen molar-refractivity contribution in [3.8, 4) is 0 Å². The third kappa shape index (κ3) is 8.14. The Balaban J connectivity index is 2.90. The third-order valence-electron chi connectivity index (χ3n) is 0.969. The van der Waals surface area contributed by atoms with Gasteiger partial charge in [0, 0.05) is 0 Å². The van der Waals surface area contributed by atoms with Gasteiger partial charge in [-0.25, -0.2) is 0 Å². The first kappa shape index (κ1) is 9.14. The molecule has 0 aliphatic rings. The van der Waals surface area contributed by atoms with Gasteiger partial charge >= 0.3 is 0 Å². The van der Waals surface area contributed by atoms with Crippen LogP contribution in [0.4, 0.5) is 0 Å². The fraction of sp³-hybridized carbons (Fsp3) is 0.571. The number of carbonyl (C=O) groups is 1. The number of alkyl halides is 1. The zero-order chi connectivity index (χ0) is 6.95. The van der Waals surface area contributed by atoms with Crippen molar-refractivity contribution in [2.45, 2.75) is 19.3 Å². The van der Waals surface area contributed by atoms with Gasteiger partial charge in [-0.05, 0) is 29.8 Å². The van der Waals surface area contributed by atoms with E-state index in [-0.39, 0.29) is 0 Å². The van der Waals surface area contributed by atoms with E-state index in [1.807, 2.05) is 6.08 Å². The molecule has 0 aliphatic carbocycles. The molecule has 9 heavy (non-hydrogen) atoms. The van der Waals surface area contributed by atoms with E-state index in [0.717, 1.165) is 12.7 Å². The number of rotatable bonds is 5. The van der Waals surface area contributed by atoms with Crippen molar-refractivity contribution in [2.75, 3.05) is 4.43 Å². The minimum Gasteiger partial charge on any atom is -0.299 e.